The summed E-state index contributed by atoms with van der Waals surface area (Å²) in [7, 11) is 1.63. The van der Waals surface area contributed by atoms with Crippen LogP contribution in [0.5, 0.6) is 5.75 Å². The minimum Gasteiger partial charge on any atom is -0.497 e. The van der Waals surface area contributed by atoms with Crippen LogP contribution in [0, 0.1) is 5.92 Å². The zero-order valence-corrected chi connectivity index (χ0v) is 16.3. The molecule has 2 aromatic carbocycles. The molecule has 0 fully saturated rings. The van der Waals surface area contributed by atoms with E-state index in [2.05, 4.69) is 24.3 Å². The van der Waals surface area contributed by atoms with Crippen molar-refractivity contribution in [3.8, 4) is 22.7 Å². The van der Waals surface area contributed by atoms with E-state index in [1.54, 1.807) is 30.0 Å². The molecule has 3 rings (SSSR count). The molecular formula is C21H22ClN3O2. The van der Waals surface area contributed by atoms with Crippen molar-refractivity contribution in [1.29, 1.82) is 0 Å². The number of methoxy groups -OCH3 is 1. The number of carbonyl (C=O) groups is 1. The largest absolute Gasteiger partial charge is 0.497 e. The van der Waals surface area contributed by atoms with Crippen molar-refractivity contribution in [2.45, 2.75) is 13.8 Å². The summed E-state index contributed by atoms with van der Waals surface area (Å²) in [6.07, 6.45) is 0. The van der Waals surface area contributed by atoms with Crippen LogP contribution in [0.1, 0.15) is 24.3 Å². The Labute approximate surface area is 163 Å². The summed E-state index contributed by atoms with van der Waals surface area (Å²) in [5, 5.41) is 8.19. The fraction of sp³-hybridized carbons (Fsp3) is 0.238. The van der Waals surface area contributed by atoms with E-state index in [1.807, 2.05) is 36.4 Å². The number of hydrogen-bond donors (Lipinski definition) is 1. The van der Waals surface area contributed by atoms with E-state index in [0.717, 1.165) is 17.0 Å². The number of carbonyl (C=O) groups excluding carboxylic acids is 1. The van der Waals surface area contributed by atoms with Crippen LogP contribution in [0.4, 0.5) is 0 Å². The van der Waals surface area contributed by atoms with E-state index in [-0.39, 0.29) is 5.91 Å². The maximum absolute atomic E-state index is 12.7. The maximum atomic E-state index is 12.7. The predicted molar refractivity (Wildman–Crippen MR) is 108 cm³/mol. The standard InChI is InChI=1S/C21H22ClN3O2/c1-14(2)13-23-21(26)20-12-19(15-7-9-18(27-3)10-8-15)24-25(20)17-6-4-5-16(22)11-17/h4-12,14H,13H2,1-3H3,(H,23,26). The molecule has 27 heavy (non-hydrogen) atoms. The second-order valence-electron chi connectivity index (χ2n) is 6.64. The number of nitrogens with one attached hydrogen (secondary N) is 1. The summed E-state index contributed by atoms with van der Waals surface area (Å²) in [5.41, 5.74) is 2.79. The molecule has 0 atom stereocenters. The normalized spacial score (nSPS) is 10.9. The van der Waals surface area contributed by atoms with Crippen molar-refractivity contribution < 1.29 is 9.53 Å². The van der Waals surface area contributed by atoms with Gasteiger partial charge < -0.3 is 10.1 Å². The molecule has 0 bridgehead atoms. The smallest absolute Gasteiger partial charge is 0.270 e. The van der Waals surface area contributed by atoms with Crippen LogP contribution >= 0.6 is 11.6 Å². The minimum absolute atomic E-state index is 0.170. The number of amides is 1. The van der Waals surface area contributed by atoms with Gasteiger partial charge in [-0.25, -0.2) is 4.68 Å². The van der Waals surface area contributed by atoms with Gasteiger partial charge in [-0.1, -0.05) is 31.5 Å². The maximum Gasteiger partial charge on any atom is 0.270 e. The van der Waals surface area contributed by atoms with Gasteiger partial charge in [0, 0.05) is 17.1 Å². The summed E-state index contributed by atoms with van der Waals surface area (Å²) in [5.74, 6) is 0.955. The molecule has 0 radical (unpaired) electrons. The number of aromatic nitrogens is 2. The average molecular weight is 384 g/mol. The van der Waals surface area contributed by atoms with Gasteiger partial charge in [0.25, 0.3) is 5.91 Å². The third kappa shape index (κ3) is 4.49. The van der Waals surface area contributed by atoms with Crippen molar-refractivity contribution in [3.05, 3.63) is 65.3 Å². The number of halogens is 1. The van der Waals surface area contributed by atoms with Crippen LogP contribution in [-0.4, -0.2) is 29.3 Å². The fourth-order valence-corrected chi connectivity index (χ4v) is 2.82. The van der Waals surface area contributed by atoms with Gasteiger partial charge in [-0.15, -0.1) is 0 Å². The second-order valence-corrected chi connectivity index (χ2v) is 7.08. The minimum atomic E-state index is -0.170. The predicted octanol–water partition coefficient (Wildman–Crippen LogP) is 4.59. The van der Waals surface area contributed by atoms with E-state index < -0.39 is 0 Å². The first-order valence-electron chi connectivity index (χ1n) is 8.76. The third-order valence-corrected chi connectivity index (χ3v) is 4.29. The molecule has 0 aliphatic rings. The van der Waals surface area contributed by atoms with Crippen molar-refractivity contribution in [1.82, 2.24) is 15.1 Å². The second kappa shape index (κ2) is 8.27. The SMILES string of the molecule is COc1ccc(-c2cc(C(=O)NCC(C)C)n(-c3cccc(Cl)c3)n2)cc1. The molecule has 0 saturated carbocycles. The van der Waals surface area contributed by atoms with E-state index >= 15 is 0 Å². The van der Waals surface area contributed by atoms with Gasteiger partial charge in [-0.2, -0.15) is 5.10 Å². The first-order chi connectivity index (χ1) is 13.0. The lowest BCUT2D eigenvalue weighted by Crippen LogP contribution is -2.29. The quantitative estimate of drug-likeness (QED) is 0.677. The van der Waals surface area contributed by atoms with Crippen molar-refractivity contribution in [2.75, 3.05) is 13.7 Å². The van der Waals surface area contributed by atoms with Crippen LogP contribution in [0.3, 0.4) is 0 Å². The third-order valence-electron chi connectivity index (χ3n) is 4.05. The van der Waals surface area contributed by atoms with E-state index in [1.165, 1.54) is 0 Å². The van der Waals surface area contributed by atoms with Gasteiger partial charge in [0.15, 0.2) is 0 Å². The Morgan fingerprint density at radius 3 is 2.56 bits per heavy atom. The molecule has 1 amide bonds. The molecule has 6 heteroatoms. The van der Waals surface area contributed by atoms with Crippen molar-refractivity contribution in [3.63, 3.8) is 0 Å². The Hall–Kier alpha value is -2.79. The van der Waals surface area contributed by atoms with E-state index in [0.29, 0.717) is 28.9 Å². The molecule has 0 unspecified atom stereocenters. The summed E-state index contributed by atoms with van der Waals surface area (Å²) in [6.45, 7) is 4.70. The van der Waals surface area contributed by atoms with Gasteiger partial charge >= 0.3 is 0 Å². The monoisotopic (exact) mass is 383 g/mol. The van der Waals surface area contributed by atoms with Crippen LogP contribution in [0.2, 0.25) is 5.02 Å². The Balaban J connectivity index is 2.03. The molecule has 5 nitrogen and oxygen atoms in total. The lowest BCUT2D eigenvalue weighted by Gasteiger charge is -2.10. The summed E-state index contributed by atoms with van der Waals surface area (Å²) >= 11 is 6.13. The van der Waals surface area contributed by atoms with Gasteiger partial charge in [0.05, 0.1) is 18.5 Å². The Kier molecular flexibility index (Phi) is 5.81. The molecular weight excluding hydrogens is 362 g/mol. The van der Waals surface area contributed by atoms with Gasteiger partial charge in [-0.05, 0) is 54.4 Å². The molecule has 1 heterocycles. The van der Waals surface area contributed by atoms with Crippen LogP contribution in [-0.2, 0) is 0 Å². The lowest BCUT2D eigenvalue weighted by atomic mass is 10.1. The number of ether oxygens (including phenoxy) is 1. The van der Waals surface area contributed by atoms with Crippen molar-refractivity contribution in [2.24, 2.45) is 5.92 Å². The number of rotatable bonds is 6. The summed E-state index contributed by atoms with van der Waals surface area (Å²) in [6, 6.07) is 16.6. The zero-order chi connectivity index (χ0) is 19.4. The number of hydrogen-bond acceptors (Lipinski definition) is 3. The molecule has 0 aliphatic heterocycles. The first-order valence-corrected chi connectivity index (χ1v) is 9.14. The van der Waals surface area contributed by atoms with E-state index in [4.69, 9.17) is 16.3 Å². The number of benzene rings is 2. The van der Waals surface area contributed by atoms with E-state index in [9.17, 15) is 4.79 Å². The van der Waals surface area contributed by atoms with Crippen LogP contribution in [0.15, 0.2) is 54.6 Å². The van der Waals surface area contributed by atoms with Gasteiger partial charge in [0.1, 0.15) is 11.4 Å². The zero-order valence-electron chi connectivity index (χ0n) is 15.6. The highest BCUT2D eigenvalue weighted by molar-refractivity contribution is 6.30. The van der Waals surface area contributed by atoms with Crippen LogP contribution < -0.4 is 10.1 Å². The van der Waals surface area contributed by atoms with Crippen LogP contribution in [0.25, 0.3) is 16.9 Å². The highest BCUT2D eigenvalue weighted by atomic mass is 35.5. The average Bonchev–Trinajstić information content (AvgIpc) is 3.11. The molecule has 0 saturated heterocycles. The number of nitrogens with zero attached hydrogens (tertiary/aromatic N) is 2. The fourth-order valence-electron chi connectivity index (χ4n) is 2.64. The lowest BCUT2D eigenvalue weighted by molar-refractivity contribution is 0.0941. The Morgan fingerprint density at radius 2 is 1.93 bits per heavy atom. The summed E-state index contributed by atoms with van der Waals surface area (Å²) in [4.78, 5) is 12.7. The highest BCUT2D eigenvalue weighted by Gasteiger charge is 2.18. The molecule has 1 aromatic heterocycles. The molecule has 0 aliphatic carbocycles. The Morgan fingerprint density at radius 1 is 1.19 bits per heavy atom. The first kappa shape index (κ1) is 19.0. The molecule has 140 valence electrons. The topological polar surface area (TPSA) is 56.1 Å². The molecule has 3 aromatic rings. The van der Waals surface area contributed by atoms with Gasteiger partial charge in [-0.3, -0.25) is 4.79 Å². The highest BCUT2D eigenvalue weighted by Crippen LogP contribution is 2.25. The summed E-state index contributed by atoms with van der Waals surface area (Å²) < 4.78 is 6.83. The molecule has 1 N–H and O–H groups in total. The Bertz CT molecular complexity index is 933. The molecule has 0 spiro atoms. The van der Waals surface area contributed by atoms with Crippen molar-refractivity contribution >= 4 is 17.5 Å². The van der Waals surface area contributed by atoms with Gasteiger partial charge in [0.2, 0.25) is 0 Å².